The number of nitrogens with one attached hydrogen (secondary N) is 1. The van der Waals surface area contributed by atoms with Gasteiger partial charge in [-0.3, -0.25) is 0 Å². The summed E-state index contributed by atoms with van der Waals surface area (Å²) in [5, 5.41) is 3.33. The minimum absolute atomic E-state index is 0.711. The fraction of sp³-hybridized carbons (Fsp3) is 0.286. The Kier molecular flexibility index (Phi) is 2.50. The van der Waals surface area contributed by atoms with Crippen LogP contribution in [0.1, 0.15) is 12.0 Å². The predicted molar refractivity (Wildman–Crippen MR) is 65.5 cm³/mol. The van der Waals surface area contributed by atoms with Crippen LogP contribution in [0, 0.1) is 0 Å². The van der Waals surface area contributed by atoms with Crippen molar-refractivity contribution in [2.45, 2.75) is 6.42 Å². The molecular weight excluding hydrogens is 198 g/mol. The molecule has 2 aliphatic rings. The summed E-state index contributed by atoms with van der Waals surface area (Å²) in [7, 11) is 0. The Morgan fingerprint density at radius 3 is 2.94 bits per heavy atom. The molecule has 0 amide bonds. The van der Waals surface area contributed by atoms with Crippen molar-refractivity contribution in [2.24, 2.45) is 0 Å². The predicted octanol–water partition coefficient (Wildman–Crippen LogP) is 2.38. The van der Waals surface area contributed by atoms with Gasteiger partial charge in [-0.05, 0) is 36.3 Å². The lowest BCUT2D eigenvalue weighted by molar-refractivity contribution is 0.348. The molecule has 0 unspecified atom stereocenters. The van der Waals surface area contributed by atoms with Gasteiger partial charge in [0.25, 0.3) is 0 Å². The van der Waals surface area contributed by atoms with Crippen molar-refractivity contribution in [3.63, 3.8) is 0 Å². The number of fused-ring (bicyclic) bond motifs is 1. The molecule has 1 N–H and O–H groups in total. The van der Waals surface area contributed by atoms with Gasteiger partial charge in [0.2, 0.25) is 0 Å². The van der Waals surface area contributed by atoms with Crippen LogP contribution in [0.25, 0.3) is 6.08 Å². The third-order valence-electron chi connectivity index (χ3n) is 3.11. The van der Waals surface area contributed by atoms with Crippen molar-refractivity contribution in [3.8, 4) is 5.75 Å². The van der Waals surface area contributed by atoms with E-state index in [0.29, 0.717) is 6.61 Å². The quantitative estimate of drug-likeness (QED) is 0.773. The maximum Gasteiger partial charge on any atom is 0.127 e. The molecule has 3 rings (SSSR count). The molecule has 0 fully saturated rings. The van der Waals surface area contributed by atoms with E-state index in [0.717, 1.165) is 25.3 Å². The van der Waals surface area contributed by atoms with Crippen molar-refractivity contribution in [3.05, 3.63) is 47.1 Å². The van der Waals surface area contributed by atoms with Crippen molar-refractivity contribution < 1.29 is 4.74 Å². The Balaban J connectivity index is 1.94. The summed E-state index contributed by atoms with van der Waals surface area (Å²) < 4.78 is 5.76. The van der Waals surface area contributed by atoms with Gasteiger partial charge < -0.3 is 10.1 Å². The van der Waals surface area contributed by atoms with Gasteiger partial charge in [0, 0.05) is 12.1 Å². The lowest BCUT2D eigenvalue weighted by Gasteiger charge is -2.22. The Morgan fingerprint density at radius 1 is 1.12 bits per heavy atom. The first-order chi connectivity index (χ1) is 7.93. The molecule has 1 aromatic carbocycles. The molecule has 0 atom stereocenters. The second-order valence-electron chi connectivity index (χ2n) is 4.18. The number of ether oxygens (including phenoxy) is 1. The fourth-order valence-corrected chi connectivity index (χ4v) is 2.22. The molecule has 0 aromatic heterocycles. The van der Waals surface area contributed by atoms with Crippen LogP contribution in [-0.2, 0) is 0 Å². The fourth-order valence-electron chi connectivity index (χ4n) is 2.22. The van der Waals surface area contributed by atoms with Gasteiger partial charge in [0.15, 0.2) is 0 Å². The second kappa shape index (κ2) is 4.14. The first-order valence-electron chi connectivity index (χ1n) is 5.76. The zero-order chi connectivity index (χ0) is 10.8. The average molecular weight is 213 g/mol. The van der Waals surface area contributed by atoms with E-state index in [4.69, 9.17) is 4.74 Å². The summed E-state index contributed by atoms with van der Waals surface area (Å²) in [6, 6.07) is 8.20. The van der Waals surface area contributed by atoms with E-state index in [1.54, 1.807) is 0 Å². The molecular formula is C14H15NO. The van der Waals surface area contributed by atoms with Crippen molar-refractivity contribution in [2.75, 3.05) is 19.7 Å². The highest BCUT2D eigenvalue weighted by Gasteiger charge is 2.14. The molecule has 2 nitrogen and oxygen atoms in total. The summed E-state index contributed by atoms with van der Waals surface area (Å²) in [5.41, 5.74) is 3.97. The van der Waals surface area contributed by atoms with Crippen LogP contribution in [-0.4, -0.2) is 19.7 Å². The van der Waals surface area contributed by atoms with Gasteiger partial charge in [-0.25, -0.2) is 0 Å². The molecule has 2 heterocycles. The lowest BCUT2D eigenvalue weighted by Crippen LogP contribution is -2.22. The van der Waals surface area contributed by atoms with Crippen molar-refractivity contribution >= 4 is 6.08 Å². The number of benzene rings is 1. The van der Waals surface area contributed by atoms with Crippen molar-refractivity contribution in [1.82, 2.24) is 5.32 Å². The van der Waals surface area contributed by atoms with E-state index in [-0.39, 0.29) is 0 Å². The summed E-state index contributed by atoms with van der Waals surface area (Å²) in [4.78, 5) is 0. The molecule has 0 radical (unpaired) electrons. The van der Waals surface area contributed by atoms with Crippen LogP contribution in [0.15, 0.2) is 41.5 Å². The maximum absolute atomic E-state index is 5.76. The first kappa shape index (κ1) is 9.67. The highest BCUT2D eigenvalue weighted by Crippen LogP contribution is 2.29. The van der Waals surface area contributed by atoms with Crippen LogP contribution in [0.4, 0.5) is 0 Å². The Hall–Kier alpha value is -1.54. The molecule has 2 aliphatic heterocycles. The maximum atomic E-state index is 5.76. The van der Waals surface area contributed by atoms with E-state index < -0.39 is 0 Å². The molecule has 82 valence electrons. The standard InChI is InChI=1S/C14H15NO/c1-2-4-14-12(3-1)9-13(10-16-14)11-5-7-15-8-6-11/h1-5,9,15H,6-8,10H2. The van der Waals surface area contributed by atoms with Crippen LogP contribution in [0.3, 0.4) is 0 Å². The van der Waals surface area contributed by atoms with Gasteiger partial charge >= 0.3 is 0 Å². The highest BCUT2D eigenvalue weighted by atomic mass is 16.5. The number of hydrogen-bond donors (Lipinski definition) is 1. The van der Waals surface area contributed by atoms with Gasteiger partial charge in [0.05, 0.1) is 0 Å². The average Bonchev–Trinajstić information content (AvgIpc) is 2.39. The van der Waals surface area contributed by atoms with Crippen molar-refractivity contribution in [1.29, 1.82) is 0 Å². The zero-order valence-electron chi connectivity index (χ0n) is 9.20. The van der Waals surface area contributed by atoms with E-state index in [9.17, 15) is 0 Å². The third-order valence-corrected chi connectivity index (χ3v) is 3.11. The summed E-state index contributed by atoms with van der Waals surface area (Å²) >= 11 is 0. The van der Waals surface area contributed by atoms with E-state index in [1.807, 2.05) is 12.1 Å². The summed E-state index contributed by atoms with van der Waals surface area (Å²) in [5.74, 6) is 1.00. The molecule has 0 bridgehead atoms. The Morgan fingerprint density at radius 2 is 2.06 bits per heavy atom. The molecule has 0 saturated heterocycles. The van der Waals surface area contributed by atoms with E-state index >= 15 is 0 Å². The molecule has 0 spiro atoms. The molecule has 0 aliphatic carbocycles. The lowest BCUT2D eigenvalue weighted by atomic mass is 9.97. The topological polar surface area (TPSA) is 21.3 Å². The van der Waals surface area contributed by atoms with E-state index in [1.165, 1.54) is 16.7 Å². The zero-order valence-corrected chi connectivity index (χ0v) is 9.20. The largest absolute Gasteiger partial charge is 0.488 e. The minimum Gasteiger partial charge on any atom is -0.488 e. The Labute approximate surface area is 95.6 Å². The SMILES string of the molecule is C1=C(C2=Cc3ccccc3OC2)CCNC1. The van der Waals surface area contributed by atoms with Crippen LogP contribution < -0.4 is 10.1 Å². The van der Waals surface area contributed by atoms with Gasteiger partial charge in [-0.15, -0.1) is 0 Å². The van der Waals surface area contributed by atoms with Gasteiger partial charge in [0.1, 0.15) is 12.4 Å². The summed E-state index contributed by atoms with van der Waals surface area (Å²) in [6.07, 6.45) is 5.64. The Bertz CT molecular complexity index is 460. The molecule has 0 saturated carbocycles. The van der Waals surface area contributed by atoms with Crippen LogP contribution >= 0.6 is 0 Å². The monoisotopic (exact) mass is 213 g/mol. The van der Waals surface area contributed by atoms with E-state index in [2.05, 4.69) is 29.6 Å². The molecule has 16 heavy (non-hydrogen) atoms. The highest BCUT2D eigenvalue weighted by molar-refractivity contribution is 5.66. The number of para-hydroxylation sites is 1. The molecule has 1 aromatic rings. The first-order valence-corrected chi connectivity index (χ1v) is 5.76. The second-order valence-corrected chi connectivity index (χ2v) is 4.18. The number of rotatable bonds is 1. The van der Waals surface area contributed by atoms with Gasteiger partial charge in [-0.1, -0.05) is 24.3 Å². The normalized spacial score (nSPS) is 19.2. The third kappa shape index (κ3) is 1.76. The number of hydrogen-bond acceptors (Lipinski definition) is 2. The van der Waals surface area contributed by atoms with Crippen LogP contribution in [0.2, 0.25) is 0 Å². The van der Waals surface area contributed by atoms with Crippen LogP contribution in [0.5, 0.6) is 5.75 Å². The smallest absolute Gasteiger partial charge is 0.127 e. The summed E-state index contributed by atoms with van der Waals surface area (Å²) in [6.45, 7) is 2.77. The molecule has 2 heteroatoms. The minimum atomic E-state index is 0.711. The van der Waals surface area contributed by atoms with Gasteiger partial charge in [-0.2, -0.15) is 0 Å².